The molecule has 0 radical (unpaired) electrons. The molecule has 0 saturated carbocycles. The Morgan fingerprint density at radius 1 is 1.65 bits per heavy atom. The van der Waals surface area contributed by atoms with Gasteiger partial charge in [-0.05, 0) is 11.6 Å². The molecule has 0 bridgehead atoms. The van der Waals surface area contributed by atoms with Crippen molar-refractivity contribution in [3.05, 3.63) is 11.1 Å². The lowest BCUT2D eigenvalue weighted by molar-refractivity contribution is -0.114. The number of rotatable bonds is 5. The number of carbonyl (C=O) groups excluding carboxylic acids is 2. The Balaban J connectivity index is 2.89. The van der Waals surface area contributed by atoms with Gasteiger partial charge < -0.3 is 10.2 Å². The van der Waals surface area contributed by atoms with E-state index in [1.807, 2.05) is 0 Å². The van der Waals surface area contributed by atoms with E-state index >= 15 is 0 Å². The first-order valence-electron chi connectivity index (χ1n) is 4.21. The van der Waals surface area contributed by atoms with E-state index in [1.165, 1.54) is 12.5 Å². The van der Waals surface area contributed by atoms with Crippen molar-refractivity contribution < 1.29 is 14.4 Å². The van der Waals surface area contributed by atoms with Gasteiger partial charge in [0.15, 0.2) is 10.8 Å². The van der Waals surface area contributed by atoms with E-state index in [0.29, 0.717) is 5.13 Å². The van der Waals surface area contributed by atoms with Gasteiger partial charge in [-0.3, -0.25) is 9.59 Å². The maximum atomic E-state index is 11.0. The lowest BCUT2D eigenvalue weighted by atomic mass is 10.3. The average molecular weight is 296 g/mol. The van der Waals surface area contributed by atoms with Crippen LogP contribution in [0.15, 0.2) is 10.5 Å². The summed E-state index contributed by atoms with van der Waals surface area (Å²) >= 11 is 11.7. The van der Waals surface area contributed by atoms with Crippen LogP contribution in [-0.2, 0) is 14.4 Å². The van der Waals surface area contributed by atoms with Gasteiger partial charge in [0, 0.05) is 5.38 Å². The molecule has 0 aliphatic carbocycles. The number of hydrogen-bond acceptors (Lipinski definition) is 6. The molecule has 1 N–H and O–H groups in total. The Morgan fingerprint density at radius 2 is 2.35 bits per heavy atom. The van der Waals surface area contributed by atoms with Gasteiger partial charge in [-0.25, -0.2) is 4.98 Å². The summed E-state index contributed by atoms with van der Waals surface area (Å²) in [5.74, 6) is -0.572. The number of nitrogens with zero attached hydrogens (tertiary/aromatic N) is 2. The third-order valence-corrected chi connectivity index (χ3v) is 2.66. The summed E-state index contributed by atoms with van der Waals surface area (Å²) in [5.41, 5.74) is 0.0958. The molecule has 0 saturated heterocycles. The highest BCUT2D eigenvalue weighted by atomic mass is 35.5. The van der Waals surface area contributed by atoms with Crippen LogP contribution in [0.2, 0.25) is 0 Å². The van der Waals surface area contributed by atoms with Gasteiger partial charge >= 0.3 is 0 Å². The van der Waals surface area contributed by atoms with Crippen molar-refractivity contribution >= 4 is 56.5 Å². The topological polar surface area (TPSA) is 80.6 Å². The quantitative estimate of drug-likeness (QED) is 0.386. The number of oxime groups is 1. The monoisotopic (exact) mass is 295 g/mol. The Bertz CT molecular complexity index is 461. The number of hydrogen-bond donors (Lipinski definition) is 1. The SMILES string of the molecule is CO/N=C(/C(=O)Cl)c1csc(NC(=O)CCl)n1. The van der Waals surface area contributed by atoms with E-state index in [-0.39, 0.29) is 17.3 Å². The molecule has 0 spiro atoms. The van der Waals surface area contributed by atoms with E-state index in [2.05, 4.69) is 20.3 Å². The smallest absolute Gasteiger partial charge is 0.276 e. The standard InChI is InChI=1S/C8H7Cl2N3O3S/c1-16-13-6(7(10)15)4-3-17-8(11-4)12-5(14)2-9/h3H,2H2,1H3,(H,11,12,14)/b13-6+. The van der Waals surface area contributed by atoms with Crippen LogP contribution in [0.4, 0.5) is 5.13 Å². The van der Waals surface area contributed by atoms with E-state index in [1.54, 1.807) is 0 Å². The summed E-state index contributed by atoms with van der Waals surface area (Å²) in [4.78, 5) is 30.4. The fourth-order valence-corrected chi connectivity index (χ4v) is 1.78. The predicted molar refractivity (Wildman–Crippen MR) is 65.9 cm³/mol. The number of anilines is 1. The molecule has 0 unspecified atom stereocenters. The summed E-state index contributed by atoms with van der Waals surface area (Å²) in [6.07, 6.45) is 0. The highest BCUT2D eigenvalue weighted by Crippen LogP contribution is 2.17. The third kappa shape index (κ3) is 3.95. The Morgan fingerprint density at radius 3 is 2.88 bits per heavy atom. The fraction of sp³-hybridized carbons (Fsp3) is 0.250. The summed E-state index contributed by atoms with van der Waals surface area (Å²) in [7, 11) is 1.28. The Labute approximate surface area is 111 Å². The summed E-state index contributed by atoms with van der Waals surface area (Å²) < 4.78 is 0. The van der Waals surface area contributed by atoms with Crippen LogP contribution in [-0.4, -0.2) is 34.8 Å². The van der Waals surface area contributed by atoms with Crippen LogP contribution in [0.1, 0.15) is 5.69 Å². The van der Waals surface area contributed by atoms with Crippen molar-refractivity contribution in [3.63, 3.8) is 0 Å². The molecule has 1 amide bonds. The van der Waals surface area contributed by atoms with Gasteiger partial charge in [0.2, 0.25) is 5.91 Å². The van der Waals surface area contributed by atoms with Crippen molar-refractivity contribution in [1.82, 2.24) is 4.98 Å². The van der Waals surface area contributed by atoms with Gasteiger partial charge in [0.1, 0.15) is 18.7 Å². The first-order valence-corrected chi connectivity index (χ1v) is 6.00. The molecule has 0 fully saturated rings. The zero-order valence-electron chi connectivity index (χ0n) is 8.57. The lowest BCUT2D eigenvalue weighted by Crippen LogP contribution is -2.14. The van der Waals surface area contributed by atoms with Crippen LogP contribution in [0.25, 0.3) is 0 Å². The summed E-state index contributed by atoms with van der Waals surface area (Å²) in [6, 6.07) is 0. The normalized spacial score (nSPS) is 11.1. The van der Waals surface area contributed by atoms with E-state index in [0.717, 1.165) is 11.3 Å². The number of aromatic nitrogens is 1. The van der Waals surface area contributed by atoms with Crippen LogP contribution in [0.3, 0.4) is 0 Å². The molecule has 17 heavy (non-hydrogen) atoms. The molecule has 1 heterocycles. The molecule has 9 heteroatoms. The molecule has 0 atom stereocenters. The molecule has 1 rings (SSSR count). The zero-order chi connectivity index (χ0) is 12.8. The molecule has 0 aliphatic heterocycles. The molecule has 0 aromatic carbocycles. The summed E-state index contributed by atoms with van der Waals surface area (Å²) in [5, 5.41) is 6.90. The molecule has 0 aliphatic rings. The van der Waals surface area contributed by atoms with Gasteiger partial charge in [0.25, 0.3) is 5.24 Å². The van der Waals surface area contributed by atoms with Crippen LogP contribution < -0.4 is 5.32 Å². The number of halogens is 2. The fourth-order valence-electron chi connectivity index (χ4n) is 0.867. The molecular formula is C8H7Cl2N3O3S. The van der Waals surface area contributed by atoms with Crippen molar-refractivity contribution in [2.24, 2.45) is 5.16 Å². The predicted octanol–water partition coefficient (Wildman–Crippen LogP) is 1.44. The second-order valence-corrected chi connectivity index (χ2v) is 4.08. The second kappa shape index (κ2) is 6.53. The molecule has 1 aromatic heterocycles. The van der Waals surface area contributed by atoms with Crippen molar-refractivity contribution in [3.8, 4) is 0 Å². The number of thiazole rings is 1. The number of nitrogens with one attached hydrogen (secondary N) is 1. The minimum Gasteiger partial charge on any atom is -0.398 e. The minimum absolute atomic E-state index is 0.128. The van der Waals surface area contributed by atoms with E-state index in [9.17, 15) is 9.59 Å². The number of alkyl halides is 1. The average Bonchev–Trinajstić information content (AvgIpc) is 2.73. The first-order chi connectivity index (χ1) is 8.08. The Hall–Kier alpha value is -1.18. The van der Waals surface area contributed by atoms with Crippen LogP contribution in [0.5, 0.6) is 0 Å². The second-order valence-electron chi connectivity index (χ2n) is 2.62. The highest BCUT2D eigenvalue weighted by molar-refractivity contribution is 7.14. The zero-order valence-corrected chi connectivity index (χ0v) is 10.9. The number of carbonyl (C=O) groups is 2. The Kier molecular flexibility index (Phi) is 5.33. The molecule has 92 valence electrons. The molecule has 1 aromatic rings. The number of amides is 1. The maximum absolute atomic E-state index is 11.0. The van der Waals surface area contributed by atoms with Crippen LogP contribution >= 0.6 is 34.5 Å². The van der Waals surface area contributed by atoms with Gasteiger partial charge in [0.05, 0.1) is 0 Å². The highest BCUT2D eigenvalue weighted by Gasteiger charge is 2.17. The van der Waals surface area contributed by atoms with E-state index < -0.39 is 11.1 Å². The molecule has 6 nitrogen and oxygen atoms in total. The van der Waals surface area contributed by atoms with Crippen molar-refractivity contribution in [1.29, 1.82) is 0 Å². The van der Waals surface area contributed by atoms with Crippen molar-refractivity contribution in [2.45, 2.75) is 0 Å². The van der Waals surface area contributed by atoms with Crippen LogP contribution in [0, 0.1) is 0 Å². The van der Waals surface area contributed by atoms with Gasteiger partial charge in [-0.15, -0.1) is 22.9 Å². The van der Waals surface area contributed by atoms with Gasteiger partial charge in [-0.2, -0.15) is 0 Å². The first kappa shape index (κ1) is 13.9. The maximum Gasteiger partial charge on any atom is 0.276 e. The van der Waals surface area contributed by atoms with E-state index in [4.69, 9.17) is 23.2 Å². The largest absolute Gasteiger partial charge is 0.398 e. The van der Waals surface area contributed by atoms with Gasteiger partial charge in [-0.1, -0.05) is 5.16 Å². The molecular weight excluding hydrogens is 289 g/mol. The van der Waals surface area contributed by atoms with Crippen molar-refractivity contribution in [2.75, 3.05) is 18.3 Å². The summed E-state index contributed by atoms with van der Waals surface area (Å²) in [6.45, 7) is 0. The minimum atomic E-state index is -0.799. The third-order valence-electron chi connectivity index (χ3n) is 1.48. The lowest BCUT2D eigenvalue weighted by Gasteiger charge is -1.96.